The molecular weight excluding hydrogens is 413 g/mol. The van der Waals surface area contributed by atoms with Crippen molar-refractivity contribution in [3.05, 3.63) is 107 Å². The summed E-state index contributed by atoms with van der Waals surface area (Å²) in [5.41, 5.74) is 2.29. The van der Waals surface area contributed by atoms with Gasteiger partial charge in [-0.25, -0.2) is 9.37 Å². The maximum absolute atomic E-state index is 13.1. The molecule has 0 unspecified atom stereocenters. The van der Waals surface area contributed by atoms with Gasteiger partial charge in [-0.2, -0.15) is 0 Å². The third-order valence-corrected chi connectivity index (χ3v) is 5.37. The second-order valence-electron chi connectivity index (χ2n) is 6.64. The highest BCUT2D eigenvalue weighted by Crippen LogP contribution is 2.23. The van der Waals surface area contributed by atoms with Crippen LogP contribution in [0.2, 0.25) is 0 Å². The summed E-state index contributed by atoms with van der Waals surface area (Å²) in [4.78, 5) is 30.1. The van der Waals surface area contributed by atoms with Gasteiger partial charge in [0.1, 0.15) is 5.82 Å². The van der Waals surface area contributed by atoms with Crippen LogP contribution in [-0.2, 0) is 4.79 Å². The smallest absolute Gasteiger partial charge is 0.259 e. The highest BCUT2D eigenvalue weighted by molar-refractivity contribution is 7.99. The van der Waals surface area contributed by atoms with Gasteiger partial charge in [0.15, 0.2) is 5.16 Å². The second kappa shape index (κ2) is 9.40. The van der Waals surface area contributed by atoms with Crippen LogP contribution in [0.5, 0.6) is 0 Å². The molecule has 0 saturated carbocycles. The normalized spacial score (nSPS) is 10.6. The third-order valence-electron chi connectivity index (χ3n) is 4.43. The lowest BCUT2D eigenvalue weighted by Crippen LogP contribution is -2.22. The lowest BCUT2D eigenvalue weighted by atomic mass is 10.1. The minimum atomic E-state index is -0.374. The lowest BCUT2D eigenvalue weighted by molar-refractivity contribution is -0.113. The minimum Gasteiger partial charge on any atom is -0.325 e. The van der Waals surface area contributed by atoms with Gasteiger partial charge < -0.3 is 5.32 Å². The Kier molecular flexibility index (Phi) is 6.24. The number of hydrogen-bond donors (Lipinski definition) is 1. The number of rotatable bonds is 6. The number of nitrogens with one attached hydrogen (secondary N) is 1. The summed E-state index contributed by atoms with van der Waals surface area (Å²) in [7, 11) is 0. The van der Waals surface area contributed by atoms with Crippen molar-refractivity contribution in [3.63, 3.8) is 0 Å². The third kappa shape index (κ3) is 5.07. The Morgan fingerprint density at radius 2 is 1.58 bits per heavy atom. The summed E-state index contributed by atoms with van der Waals surface area (Å²) in [6, 6.07) is 25.6. The van der Waals surface area contributed by atoms with Crippen LogP contribution < -0.4 is 10.9 Å². The van der Waals surface area contributed by atoms with E-state index in [9.17, 15) is 14.0 Å². The van der Waals surface area contributed by atoms with E-state index >= 15 is 0 Å². The first-order valence-corrected chi connectivity index (χ1v) is 10.5. The van der Waals surface area contributed by atoms with Crippen molar-refractivity contribution in [3.8, 4) is 16.9 Å². The van der Waals surface area contributed by atoms with Gasteiger partial charge in [-0.1, -0.05) is 60.3 Å². The number of nitrogens with zero attached hydrogens (tertiary/aromatic N) is 2. The topological polar surface area (TPSA) is 64.0 Å². The number of carbonyl (C=O) groups is 1. The van der Waals surface area contributed by atoms with Crippen LogP contribution in [0.4, 0.5) is 10.1 Å². The van der Waals surface area contributed by atoms with Crippen LogP contribution in [-0.4, -0.2) is 21.2 Å². The van der Waals surface area contributed by atoms with Gasteiger partial charge in [-0.15, -0.1) is 0 Å². The van der Waals surface area contributed by atoms with Crippen molar-refractivity contribution >= 4 is 23.4 Å². The molecule has 31 heavy (non-hydrogen) atoms. The zero-order chi connectivity index (χ0) is 21.6. The molecule has 1 heterocycles. The summed E-state index contributed by atoms with van der Waals surface area (Å²) in [6.07, 6.45) is 0. The van der Waals surface area contributed by atoms with Gasteiger partial charge >= 0.3 is 0 Å². The second-order valence-corrected chi connectivity index (χ2v) is 7.59. The number of thioether (sulfide) groups is 1. The quantitative estimate of drug-likeness (QED) is 0.353. The molecular formula is C24H18FN3O2S. The van der Waals surface area contributed by atoms with Crippen molar-refractivity contribution in [1.82, 2.24) is 9.55 Å². The van der Waals surface area contributed by atoms with Crippen LogP contribution in [0, 0.1) is 5.82 Å². The summed E-state index contributed by atoms with van der Waals surface area (Å²) < 4.78 is 14.5. The Hall–Kier alpha value is -3.71. The molecule has 0 aliphatic rings. The van der Waals surface area contributed by atoms with E-state index in [1.807, 2.05) is 60.7 Å². The molecule has 0 atom stereocenters. The number of hydrogen-bond acceptors (Lipinski definition) is 4. The molecule has 4 aromatic rings. The molecule has 0 aliphatic heterocycles. The number of carbonyl (C=O) groups excluding carboxylic acids is 1. The first-order chi connectivity index (χ1) is 15.1. The molecule has 0 radical (unpaired) electrons. The minimum absolute atomic E-state index is 0.0366. The van der Waals surface area contributed by atoms with Gasteiger partial charge in [-0.3, -0.25) is 14.2 Å². The van der Waals surface area contributed by atoms with Crippen molar-refractivity contribution < 1.29 is 9.18 Å². The molecule has 1 aromatic heterocycles. The van der Waals surface area contributed by atoms with E-state index < -0.39 is 0 Å². The average Bonchev–Trinajstić information content (AvgIpc) is 2.80. The van der Waals surface area contributed by atoms with E-state index in [2.05, 4.69) is 10.3 Å². The van der Waals surface area contributed by atoms with Gasteiger partial charge in [0.2, 0.25) is 5.91 Å². The van der Waals surface area contributed by atoms with E-state index in [-0.39, 0.29) is 23.0 Å². The number of amides is 1. The molecule has 0 fully saturated rings. The Labute approximate surface area is 182 Å². The van der Waals surface area contributed by atoms with E-state index in [4.69, 9.17) is 0 Å². The fraction of sp³-hybridized carbons (Fsp3) is 0.0417. The fourth-order valence-corrected chi connectivity index (χ4v) is 3.81. The number of benzene rings is 3. The van der Waals surface area contributed by atoms with Crippen molar-refractivity contribution in [2.24, 2.45) is 0 Å². The van der Waals surface area contributed by atoms with Crippen LogP contribution in [0.15, 0.2) is 101 Å². The SMILES string of the molecule is O=C(CSc1nc(-c2ccccc2)cc(=O)n1-c1ccccc1)Nc1ccc(F)cc1. The average molecular weight is 431 g/mol. The van der Waals surface area contributed by atoms with Crippen LogP contribution >= 0.6 is 11.8 Å². The zero-order valence-corrected chi connectivity index (χ0v) is 17.2. The zero-order valence-electron chi connectivity index (χ0n) is 16.4. The molecule has 0 spiro atoms. The Balaban J connectivity index is 1.63. The number of anilines is 1. The van der Waals surface area contributed by atoms with Gasteiger partial charge in [0, 0.05) is 17.3 Å². The van der Waals surface area contributed by atoms with E-state index in [0.717, 1.165) is 17.3 Å². The molecule has 5 nitrogen and oxygen atoms in total. The Bertz CT molecular complexity index is 1240. The van der Waals surface area contributed by atoms with Crippen molar-refractivity contribution in [2.75, 3.05) is 11.1 Å². The molecule has 4 rings (SSSR count). The van der Waals surface area contributed by atoms with E-state index in [1.165, 1.54) is 34.9 Å². The number of para-hydroxylation sites is 1. The Morgan fingerprint density at radius 1 is 0.935 bits per heavy atom. The highest BCUT2D eigenvalue weighted by Gasteiger charge is 2.14. The molecule has 3 aromatic carbocycles. The molecule has 0 aliphatic carbocycles. The molecule has 1 amide bonds. The molecule has 0 bridgehead atoms. The van der Waals surface area contributed by atoms with E-state index in [0.29, 0.717) is 22.2 Å². The van der Waals surface area contributed by atoms with Gasteiger partial charge in [-0.05, 0) is 36.4 Å². The van der Waals surface area contributed by atoms with Gasteiger partial charge in [0.05, 0.1) is 17.1 Å². The maximum atomic E-state index is 13.1. The van der Waals surface area contributed by atoms with Crippen LogP contribution in [0.1, 0.15) is 0 Å². The first-order valence-electron chi connectivity index (χ1n) is 9.53. The summed E-state index contributed by atoms with van der Waals surface area (Å²) in [5.74, 6) is -0.619. The predicted octanol–water partition coefficient (Wildman–Crippen LogP) is 4.77. The van der Waals surface area contributed by atoms with Crippen molar-refractivity contribution in [1.29, 1.82) is 0 Å². The summed E-state index contributed by atoms with van der Waals surface area (Å²) in [5, 5.41) is 3.13. The predicted molar refractivity (Wildman–Crippen MR) is 121 cm³/mol. The van der Waals surface area contributed by atoms with E-state index in [1.54, 1.807) is 0 Å². The summed E-state index contributed by atoms with van der Waals surface area (Å²) in [6.45, 7) is 0. The molecule has 154 valence electrons. The summed E-state index contributed by atoms with van der Waals surface area (Å²) >= 11 is 1.16. The van der Waals surface area contributed by atoms with Gasteiger partial charge in [0.25, 0.3) is 5.56 Å². The number of aromatic nitrogens is 2. The molecule has 0 saturated heterocycles. The van der Waals surface area contributed by atoms with Crippen LogP contribution in [0.3, 0.4) is 0 Å². The number of halogens is 1. The molecule has 1 N–H and O–H groups in total. The van der Waals surface area contributed by atoms with Crippen LogP contribution in [0.25, 0.3) is 16.9 Å². The van der Waals surface area contributed by atoms with Crippen molar-refractivity contribution in [2.45, 2.75) is 5.16 Å². The molecule has 7 heteroatoms. The fourth-order valence-electron chi connectivity index (χ4n) is 2.99. The lowest BCUT2D eigenvalue weighted by Gasteiger charge is -2.13. The Morgan fingerprint density at radius 3 is 2.26 bits per heavy atom. The highest BCUT2D eigenvalue weighted by atomic mass is 32.2. The monoisotopic (exact) mass is 431 g/mol. The maximum Gasteiger partial charge on any atom is 0.259 e. The largest absolute Gasteiger partial charge is 0.325 e. The first kappa shape index (κ1) is 20.6. The standard InChI is InChI=1S/C24H18FN3O2S/c25-18-11-13-19(14-12-18)26-22(29)16-31-24-27-21(17-7-3-1-4-8-17)15-23(30)28(24)20-9-5-2-6-10-20/h1-15H,16H2,(H,26,29).